The summed E-state index contributed by atoms with van der Waals surface area (Å²) >= 11 is 0. The van der Waals surface area contributed by atoms with Gasteiger partial charge in [0.2, 0.25) is 17.7 Å². The predicted molar refractivity (Wildman–Crippen MR) is 179 cm³/mol. The van der Waals surface area contributed by atoms with Crippen LogP contribution in [0, 0.1) is 25.6 Å². The lowest BCUT2D eigenvalue weighted by Crippen LogP contribution is -2.56. The van der Waals surface area contributed by atoms with E-state index in [0.29, 0.717) is 22.7 Å². The molecule has 0 bridgehead atoms. The standard InChI is InChI=1S/C35H40FN7O7/c1-20(2)32(41-34(47)28-16-22(4)50-42-28)35(48)40-27(17-23-8-10-24(36)11-9-23)33(46)39-25(12-14-29(37)44)13-15-31(45)49-19-26-18-43-21(3)6-5-7-30(43)38-26/h5-11,13,15-16,18,20,25,27,32H,12,14,17,19H2,1-4H3,(H2,37,44)(H,39,46)(H,40,48)(H,41,47)/b15-13+/t25-,27+,32+/m1/s1. The first-order valence-electron chi connectivity index (χ1n) is 15.9. The van der Waals surface area contributed by atoms with E-state index < -0.39 is 59.5 Å². The van der Waals surface area contributed by atoms with Crippen molar-refractivity contribution in [2.24, 2.45) is 11.7 Å². The molecule has 3 aromatic heterocycles. The normalized spacial score (nSPS) is 13.2. The number of primary amides is 1. The maximum absolute atomic E-state index is 13.7. The van der Waals surface area contributed by atoms with E-state index in [-0.39, 0.29) is 31.6 Å². The molecule has 50 heavy (non-hydrogen) atoms. The molecular weight excluding hydrogens is 649 g/mol. The van der Waals surface area contributed by atoms with E-state index in [1.54, 1.807) is 27.0 Å². The zero-order valence-corrected chi connectivity index (χ0v) is 28.1. The number of esters is 1. The molecule has 3 heterocycles. The molecule has 3 atom stereocenters. The molecule has 5 N–H and O–H groups in total. The summed E-state index contributed by atoms with van der Waals surface area (Å²) in [5.41, 5.74) is 8.07. The first kappa shape index (κ1) is 37.0. The second-order valence-electron chi connectivity index (χ2n) is 12.1. The third-order valence-corrected chi connectivity index (χ3v) is 7.68. The molecule has 0 saturated heterocycles. The molecule has 0 fully saturated rings. The summed E-state index contributed by atoms with van der Waals surface area (Å²) in [6.45, 7) is 6.87. The number of aromatic nitrogens is 3. The van der Waals surface area contributed by atoms with Crippen LogP contribution in [-0.4, -0.2) is 62.3 Å². The van der Waals surface area contributed by atoms with E-state index in [1.807, 2.05) is 29.5 Å². The number of aryl methyl sites for hydroxylation is 2. The number of pyridine rings is 1. The van der Waals surface area contributed by atoms with Gasteiger partial charge in [-0.15, -0.1) is 0 Å². The van der Waals surface area contributed by atoms with E-state index in [2.05, 4.69) is 26.1 Å². The van der Waals surface area contributed by atoms with E-state index in [4.69, 9.17) is 15.0 Å². The van der Waals surface area contributed by atoms with Gasteiger partial charge in [0.1, 0.15) is 35.9 Å². The van der Waals surface area contributed by atoms with E-state index in [0.717, 1.165) is 11.8 Å². The number of nitrogens with two attached hydrogens (primary N) is 1. The van der Waals surface area contributed by atoms with Gasteiger partial charge in [0.25, 0.3) is 5.91 Å². The Morgan fingerprint density at radius 3 is 2.40 bits per heavy atom. The van der Waals surface area contributed by atoms with Gasteiger partial charge in [-0.1, -0.05) is 43.3 Å². The Bertz CT molecular complexity index is 1870. The van der Waals surface area contributed by atoms with Gasteiger partial charge >= 0.3 is 5.97 Å². The third-order valence-electron chi connectivity index (χ3n) is 7.68. The molecule has 0 saturated carbocycles. The fraction of sp³-hybridized carbons (Fsp3) is 0.343. The zero-order chi connectivity index (χ0) is 36.4. The van der Waals surface area contributed by atoms with Gasteiger partial charge in [0.15, 0.2) is 5.69 Å². The molecule has 15 heteroatoms. The Morgan fingerprint density at radius 1 is 1.02 bits per heavy atom. The van der Waals surface area contributed by atoms with Gasteiger partial charge in [-0.2, -0.15) is 0 Å². The van der Waals surface area contributed by atoms with Crippen LogP contribution in [0.4, 0.5) is 4.39 Å². The molecule has 4 aromatic rings. The minimum absolute atomic E-state index is 0.0161. The third kappa shape index (κ3) is 10.6. The summed E-state index contributed by atoms with van der Waals surface area (Å²) in [6, 6.07) is 9.28. The molecule has 0 unspecified atom stereocenters. The first-order chi connectivity index (χ1) is 23.8. The molecule has 264 valence electrons. The van der Waals surface area contributed by atoms with Crippen molar-refractivity contribution in [1.82, 2.24) is 30.5 Å². The second-order valence-corrected chi connectivity index (χ2v) is 12.1. The smallest absolute Gasteiger partial charge is 0.330 e. The van der Waals surface area contributed by atoms with Gasteiger partial charge in [-0.25, -0.2) is 14.2 Å². The van der Waals surface area contributed by atoms with Crippen LogP contribution >= 0.6 is 0 Å². The average Bonchev–Trinajstić information content (AvgIpc) is 3.71. The van der Waals surface area contributed by atoms with Crippen molar-refractivity contribution in [3.05, 3.63) is 101 Å². The molecule has 4 rings (SSSR count). The number of nitrogens with one attached hydrogen (secondary N) is 3. The van der Waals surface area contributed by atoms with E-state index in [1.165, 1.54) is 36.4 Å². The number of rotatable bonds is 16. The van der Waals surface area contributed by atoms with Gasteiger partial charge in [-0.05, 0) is 56.0 Å². The highest BCUT2D eigenvalue weighted by Crippen LogP contribution is 2.12. The minimum Gasteiger partial charge on any atom is -0.456 e. The van der Waals surface area contributed by atoms with Crippen LogP contribution in [0.1, 0.15) is 59.9 Å². The maximum atomic E-state index is 13.7. The van der Waals surface area contributed by atoms with Crippen molar-refractivity contribution in [2.75, 3.05) is 0 Å². The number of imidazole rings is 1. The Morgan fingerprint density at radius 2 is 1.76 bits per heavy atom. The average molecular weight is 690 g/mol. The molecule has 1 aromatic carbocycles. The van der Waals surface area contributed by atoms with Crippen molar-refractivity contribution < 1.29 is 37.6 Å². The topological polar surface area (TPSA) is 200 Å². The summed E-state index contributed by atoms with van der Waals surface area (Å²) in [7, 11) is 0. The minimum atomic E-state index is -1.21. The highest BCUT2D eigenvalue weighted by Gasteiger charge is 2.30. The van der Waals surface area contributed by atoms with Crippen LogP contribution in [0.2, 0.25) is 0 Å². The van der Waals surface area contributed by atoms with Crippen LogP contribution in [0.15, 0.2) is 71.4 Å². The zero-order valence-electron chi connectivity index (χ0n) is 28.1. The summed E-state index contributed by atoms with van der Waals surface area (Å²) in [6.07, 6.45) is 4.11. The SMILES string of the molecule is Cc1cc(C(=O)N[C@H](C(=O)N[C@@H](Cc2ccc(F)cc2)C(=O)N[C@@H](/C=C/C(=O)OCc2cn3c(C)cccc3n2)CCC(N)=O)C(C)C)no1. The predicted octanol–water partition coefficient (Wildman–Crippen LogP) is 2.61. The molecule has 0 radical (unpaired) electrons. The molecule has 14 nitrogen and oxygen atoms in total. The number of halogens is 1. The number of ether oxygens (including phenoxy) is 1. The molecule has 0 spiro atoms. The van der Waals surface area contributed by atoms with Gasteiger partial charge in [-0.3, -0.25) is 19.2 Å². The number of hydrogen-bond donors (Lipinski definition) is 4. The molecule has 4 amide bonds. The summed E-state index contributed by atoms with van der Waals surface area (Å²) in [4.78, 5) is 68.7. The highest BCUT2D eigenvalue weighted by molar-refractivity contribution is 5.97. The highest BCUT2D eigenvalue weighted by atomic mass is 19.1. The summed E-state index contributed by atoms with van der Waals surface area (Å²) in [5.74, 6) is -3.79. The van der Waals surface area contributed by atoms with Gasteiger partial charge < -0.3 is 35.3 Å². The number of benzene rings is 1. The fourth-order valence-electron chi connectivity index (χ4n) is 5.00. The summed E-state index contributed by atoms with van der Waals surface area (Å²) in [5, 5.41) is 11.7. The first-order valence-corrected chi connectivity index (χ1v) is 15.9. The van der Waals surface area contributed by atoms with E-state index in [9.17, 15) is 28.4 Å². The number of carbonyl (C=O) groups excluding carboxylic acids is 5. The molecular formula is C35H40FN7O7. The van der Waals surface area contributed by atoms with Crippen molar-refractivity contribution in [3.63, 3.8) is 0 Å². The van der Waals surface area contributed by atoms with Crippen LogP contribution in [0.5, 0.6) is 0 Å². The summed E-state index contributed by atoms with van der Waals surface area (Å²) < 4.78 is 25.8. The number of carbonyl (C=O) groups is 5. The quantitative estimate of drug-likeness (QED) is 0.101. The van der Waals surface area contributed by atoms with Crippen LogP contribution in [-0.2, 0) is 36.9 Å². The number of hydrogen-bond acceptors (Lipinski definition) is 9. The van der Waals surface area contributed by atoms with Gasteiger partial charge in [0, 0.05) is 42.9 Å². The Balaban J connectivity index is 1.48. The van der Waals surface area contributed by atoms with Crippen molar-refractivity contribution in [1.29, 1.82) is 0 Å². The lowest BCUT2D eigenvalue weighted by molar-refractivity contribution is -0.139. The lowest BCUT2D eigenvalue weighted by atomic mass is 10.00. The lowest BCUT2D eigenvalue weighted by Gasteiger charge is -2.26. The van der Waals surface area contributed by atoms with Crippen molar-refractivity contribution in [2.45, 2.75) is 71.7 Å². The Labute approximate surface area is 287 Å². The van der Waals surface area contributed by atoms with Crippen molar-refractivity contribution in [3.8, 4) is 0 Å². The van der Waals surface area contributed by atoms with Gasteiger partial charge in [0.05, 0.1) is 5.69 Å². The maximum Gasteiger partial charge on any atom is 0.330 e. The van der Waals surface area contributed by atoms with Crippen LogP contribution < -0.4 is 21.7 Å². The number of fused-ring (bicyclic) bond motifs is 1. The molecule has 0 aliphatic heterocycles. The molecule has 0 aliphatic carbocycles. The number of amides is 4. The monoisotopic (exact) mass is 689 g/mol. The van der Waals surface area contributed by atoms with Crippen molar-refractivity contribution >= 4 is 35.2 Å². The molecule has 0 aliphatic rings. The Kier molecular flexibility index (Phi) is 12.6. The Hall–Kier alpha value is -5.86. The largest absolute Gasteiger partial charge is 0.456 e. The van der Waals surface area contributed by atoms with Crippen LogP contribution in [0.3, 0.4) is 0 Å². The van der Waals surface area contributed by atoms with E-state index >= 15 is 0 Å². The number of nitrogens with zero attached hydrogens (tertiary/aromatic N) is 3. The van der Waals surface area contributed by atoms with Crippen LogP contribution in [0.25, 0.3) is 5.65 Å². The second kappa shape index (κ2) is 17.0. The fourth-order valence-corrected chi connectivity index (χ4v) is 5.00.